The number of halogens is 3. The van der Waals surface area contributed by atoms with Crippen LogP contribution >= 0.6 is 0 Å². The summed E-state index contributed by atoms with van der Waals surface area (Å²) in [6.07, 6.45) is -3.49. The third-order valence-corrected chi connectivity index (χ3v) is 3.48. The van der Waals surface area contributed by atoms with Crippen LogP contribution in [-0.2, 0) is 19.6 Å². The third kappa shape index (κ3) is 3.26. The monoisotopic (exact) mass is 297 g/mol. The molecule has 1 N–H and O–H groups in total. The fourth-order valence-electron chi connectivity index (χ4n) is 2.34. The Balaban J connectivity index is 2.35. The van der Waals surface area contributed by atoms with Crippen LogP contribution in [-0.4, -0.2) is 16.8 Å². The molecule has 0 saturated carbocycles. The lowest BCUT2D eigenvalue weighted by molar-refractivity contribution is -0.137. The molecule has 1 atom stereocenters. The predicted molar refractivity (Wildman–Crippen MR) is 74.9 cm³/mol. The molecule has 0 aliphatic rings. The molecule has 1 heterocycles. The Morgan fingerprint density at radius 1 is 1.24 bits per heavy atom. The lowest BCUT2D eigenvalue weighted by atomic mass is 10.0. The van der Waals surface area contributed by atoms with E-state index in [1.807, 2.05) is 20.0 Å². The second-order valence-corrected chi connectivity index (χ2v) is 4.88. The van der Waals surface area contributed by atoms with Gasteiger partial charge in [-0.15, -0.1) is 0 Å². The number of nitrogens with one attached hydrogen (secondary N) is 1. The summed E-state index contributed by atoms with van der Waals surface area (Å²) in [6, 6.07) is 7.00. The molecule has 1 aromatic carbocycles. The fraction of sp³-hybridized carbons (Fsp3) is 0.400. The highest BCUT2D eigenvalue weighted by molar-refractivity contribution is 5.32. The molecule has 114 valence electrons. The summed E-state index contributed by atoms with van der Waals surface area (Å²) in [5, 5.41) is 7.51. The summed E-state index contributed by atoms with van der Waals surface area (Å²) >= 11 is 0. The van der Waals surface area contributed by atoms with Crippen molar-refractivity contribution < 1.29 is 13.2 Å². The number of alkyl halides is 3. The number of aromatic nitrogens is 2. The van der Waals surface area contributed by atoms with Gasteiger partial charge in [-0.05, 0) is 37.2 Å². The van der Waals surface area contributed by atoms with E-state index in [1.165, 1.54) is 12.1 Å². The molecule has 0 saturated heterocycles. The summed E-state index contributed by atoms with van der Waals surface area (Å²) in [5.74, 6) is 0. The highest BCUT2D eigenvalue weighted by atomic mass is 19.4. The van der Waals surface area contributed by atoms with Crippen molar-refractivity contribution in [3.8, 4) is 0 Å². The summed E-state index contributed by atoms with van der Waals surface area (Å²) in [7, 11) is 3.61. The van der Waals surface area contributed by atoms with Gasteiger partial charge in [0.25, 0.3) is 0 Å². The Morgan fingerprint density at radius 3 is 2.29 bits per heavy atom. The van der Waals surface area contributed by atoms with Gasteiger partial charge in [-0.2, -0.15) is 18.3 Å². The molecule has 2 aromatic rings. The molecule has 3 nitrogen and oxygen atoms in total. The van der Waals surface area contributed by atoms with Gasteiger partial charge < -0.3 is 5.32 Å². The van der Waals surface area contributed by atoms with Gasteiger partial charge in [-0.3, -0.25) is 4.68 Å². The molecule has 6 heteroatoms. The Hall–Kier alpha value is -1.82. The van der Waals surface area contributed by atoms with Gasteiger partial charge in [-0.1, -0.05) is 19.1 Å². The highest BCUT2D eigenvalue weighted by Crippen LogP contribution is 2.31. The fourth-order valence-corrected chi connectivity index (χ4v) is 2.34. The van der Waals surface area contributed by atoms with E-state index in [-0.39, 0.29) is 6.04 Å². The van der Waals surface area contributed by atoms with Crippen LogP contribution in [0.3, 0.4) is 0 Å². The van der Waals surface area contributed by atoms with Gasteiger partial charge in [-0.25, -0.2) is 0 Å². The minimum Gasteiger partial charge on any atom is -0.308 e. The summed E-state index contributed by atoms with van der Waals surface area (Å²) < 4.78 is 39.6. The summed E-state index contributed by atoms with van der Waals surface area (Å²) in [6.45, 7) is 2.01. The van der Waals surface area contributed by atoms with Crippen LogP contribution in [0.4, 0.5) is 13.2 Å². The Bertz CT molecular complexity index is 600. The van der Waals surface area contributed by atoms with Crippen molar-refractivity contribution in [2.75, 3.05) is 7.05 Å². The lowest BCUT2D eigenvalue weighted by Crippen LogP contribution is -2.20. The molecule has 0 spiro atoms. The first-order valence-corrected chi connectivity index (χ1v) is 6.74. The van der Waals surface area contributed by atoms with E-state index in [0.29, 0.717) is 0 Å². The number of rotatable bonds is 4. The Morgan fingerprint density at radius 2 is 1.86 bits per heavy atom. The predicted octanol–water partition coefficient (Wildman–Crippen LogP) is 3.31. The van der Waals surface area contributed by atoms with E-state index in [1.54, 1.807) is 11.7 Å². The van der Waals surface area contributed by atoms with Gasteiger partial charge in [0.2, 0.25) is 0 Å². The Kier molecular flexibility index (Phi) is 4.37. The molecule has 21 heavy (non-hydrogen) atoms. The van der Waals surface area contributed by atoms with Crippen LogP contribution in [0.1, 0.15) is 35.5 Å². The van der Waals surface area contributed by atoms with Crippen LogP contribution in [0.5, 0.6) is 0 Å². The summed E-state index contributed by atoms with van der Waals surface area (Å²) in [4.78, 5) is 0. The van der Waals surface area contributed by atoms with Crippen molar-refractivity contribution >= 4 is 0 Å². The molecule has 0 aliphatic carbocycles. The van der Waals surface area contributed by atoms with Crippen LogP contribution in [0, 0.1) is 0 Å². The molecule has 1 aromatic heterocycles. The quantitative estimate of drug-likeness (QED) is 0.938. The number of hydrogen-bond acceptors (Lipinski definition) is 2. The van der Waals surface area contributed by atoms with Crippen LogP contribution < -0.4 is 5.32 Å². The highest BCUT2D eigenvalue weighted by Gasteiger charge is 2.30. The van der Waals surface area contributed by atoms with Crippen molar-refractivity contribution in [3.63, 3.8) is 0 Å². The molecule has 0 fully saturated rings. The van der Waals surface area contributed by atoms with Crippen molar-refractivity contribution in [1.82, 2.24) is 15.1 Å². The van der Waals surface area contributed by atoms with Gasteiger partial charge in [0.1, 0.15) is 0 Å². The standard InChI is InChI=1S/C15H18F3N3/c1-4-12-9-13(21(3)20-12)14(19-2)10-5-7-11(8-6-10)15(16,17)18/h5-9,14,19H,4H2,1-3H3. The number of nitrogens with zero attached hydrogens (tertiary/aromatic N) is 2. The summed E-state index contributed by atoms with van der Waals surface area (Å²) in [5.41, 5.74) is 2.02. The molecular weight excluding hydrogens is 279 g/mol. The smallest absolute Gasteiger partial charge is 0.308 e. The first-order valence-electron chi connectivity index (χ1n) is 6.74. The second-order valence-electron chi connectivity index (χ2n) is 4.88. The van der Waals surface area contributed by atoms with Crippen molar-refractivity contribution in [3.05, 3.63) is 52.8 Å². The lowest BCUT2D eigenvalue weighted by Gasteiger charge is -2.17. The van der Waals surface area contributed by atoms with Crippen molar-refractivity contribution in [2.24, 2.45) is 7.05 Å². The number of hydrogen-bond donors (Lipinski definition) is 1. The minimum atomic E-state index is -4.31. The average Bonchev–Trinajstić information content (AvgIpc) is 2.81. The van der Waals surface area contributed by atoms with E-state index < -0.39 is 11.7 Å². The van der Waals surface area contributed by atoms with Gasteiger partial charge >= 0.3 is 6.18 Å². The normalized spacial score (nSPS) is 13.4. The van der Waals surface area contributed by atoms with Crippen molar-refractivity contribution in [1.29, 1.82) is 0 Å². The molecule has 1 unspecified atom stereocenters. The van der Waals surface area contributed by atoms with Crippen molar-refractivity contribution in [2.45, 2.75) is 25.6 Å². The molecule has 0 radical (unpaired) electrons. The molecule has 0 bridgehead atoms. The molecule has 2 rings (SSSR count). The van der Waals surface area contributed by atoms with E-state index in [4.69, 9.17) is 0 Å². The van der Waals surface area contributed by atoms with Gasteiger partial charge in [0, 0.05) is 7.05 Å². The minimum absolute atomic E-state index is 0.190. The molecule has 0 amide bonds. The zero-order valence-corrected chi connectivity index (χ0v) is 12.2. The maximum absolute atomic E-state index is 12.6. The third-order valence-electron chi connectivity index (χ3n) is 3.48. The maximum Gasteiger partial charge on any atom is 0.416 e. The zero-order valence-electron chi connectivity index (χ0n) is 12.2. The van der Waals surface area contributed by atoms with E-state index in [9.17, 15) is 13.2 Å². The maximum atomic E-state index is 12.6. The average molecular weight is 297 g/mol. The zero-order chi connectivity index (χ0) is 15.6. The largest absolute Gasteiger partial charge is 0.416 e. The van der Waals surface area contributed by atoms with E-state index in [0.717, 1.165) is 35.5 Å². The van der Waals surface area contributed by atoms with Crippen LogP contribution in [0.15, 0.2) is 30.3 Å². The van der Waals surface area contributed by atoms with E-state index >= 15 is 0 Å². The first kappa shape index (κ1) is 15.6. The molecule has 0 aliphatic heterocycles. The van der Waals surface area contributed by atoms with Gasteiger partial charge in [0.15, 0.2) is 0 Å². The first-order chi connectivity index (χ1) is 9.86. The SMILES string of the molecule is CCc1cc(C(NC)c2ccc(C(F)(F)F)cc2)n(C)n1. The number of benzene rings is 1. The Labute approximate surface area is 121 Å². The van der Waals surface area contributed by atoms with Crippen LogP contribution in [0.25, 0.3) is 0 Å². The van der Waals surface area contributed by atoms with E-state index in [2.05, 4.69) is 10.4 Å². The molecular formula is C15H18F3N3. The number of aryl methyl sites for hydroxylation is 2. The van der Waals surface area contributed by atoms with Gasteiger partial charge in [0.05, 0.1) is 23.0 Å². The topological polar surface area (TPSA) is 29.9 Å². The second kappa shape index (κ2) is 5.89. The van der Waals surface area contributed by atoms with Crippen LogP contribution in [0.2, 0.25) is 0 Å².